The van der Waals surface area contributed by atoms with Crippen LogP contribution in [0.2, 0.25) is 0 Å². The van der Waals surface area contributed by atoms with Gasteiger partial charge in [0.15, 0.2) is 0 Å². The van der Waals surface area contributed by atoms with Gasteiger partial charge >= 0.3 is 0 Å². The fraction of sp³-hybridized carbons (Fsp3) is 0.552. The molecule has 35 heavy (non-hydrogen) atoms. The number of rotatable bonds is 8. The monoisotopic (exact) mass is 480 g/mol. The van der Waals surface area contributed by atoms with Crippen LogP contribution in [0.15, 0.2) is 48.5 Å². The summed E-state index contributed by atoms with van der Waals surface area (Å²) >= 11 is 0. The molecule has 0 bridgehead atoms. The van der Waals surface area contributed by atoms with Gasteiger partial charge in [0.25, 0.3) is 0 Å². The highest BCUT2D eigenvalue weighted by molar-refractivity contribution is 5.76. The maximum atomic E-state index is 12.8. The SMILES string of the molecule is COc1ccc2c(c1)O[C@H](C)CN(CCC(=O)NCC[C@]1(c3ccccc3)CCOC(C)(C)C1)C2. The first kappa shape index (κ1) is 25.5. The molecule has 1 N–H and O–H groups in total. The second-order valence-corrected chi connectivity index (χ2v) is 10.7. The maximum Gasteiger partial charge on any atom is 0.221 e. The van der Waals surface area contributed by atoms with Crippen molar-refractivity contribution >= 4 is 5.91 Å². The number of nitrogens with one attached hydrogen (secondary N) is 1. The lowest BCUT2D eigenvalue weighted by Crippen LogP contribution is -2.45. The van der Waals surface area contributed by atoms with E-state index in [9.17, 15) is 4.79 Å². The second kappa shape index (κ2) is 11.0. The van der Waals surface area contributed by atoms with E-state index in [-0.39, 0.29) is 23.0 Å². The zero-order valence-electron chi connectivity index (χ0n) is 21.6. The van der Waals surface area contributed by atoms with Crippen molar-refractivity contribution in [3.63, 3.8) is 0 Å². The zero-order valence-corrected chi connectivity index (χ0v) is 21.6. The van der Waals surface area contributed by atoms with Crippen LogP contribution in [-0.2, 0) is 21.5 Å². The highest BCUT2D eigenvalue weighted by atomic mass is 16.5. The van der Waals surface area contributed by atoms with Gasteiger partial charge in [-0.25, -0.2) is 0 Å². The van der Waals surface area contributed by atoms with Gasteiger partial charge in [0.1, 0.15) is 17.6 Å². The molecule has 1 amide bonds. The maximum absolute atomic E-state index is 12.8. The highest BCUT2D eigenvalue weighted by Gasteiger charge is 2.41. The molecule has 2 aliphatic heterocycles. The minimum absolute atomic E-state index is 0.0264. The lowest BCUT2D eigenvalue weighted by molar-refractivity contribution is -0.121. The van der Waals surface area contributed by atoms with Crippen molar-refractivity contribution in [1.29, 1.82) is 0 Å². The van der Waals surface area contributed by atoms with E-state index in [1.165, 1.54) is 5.56 Å². The van der Waals surface area contributed by atoms with E-state index < -0.39 is 0 Å². The number of fused-ring (bicyclic) bond motifs is 1. The van der Waals surface area contributed by atoms with E-state index >= 15 is 0 Å². The predicted octanol–water partition coefficient (Wildman–Crippen LogP) is 4.70. The van der Waals surface area contributed by atoms with Gasteiger partial charge in [0, 0.05) is 56.3 Å². The largest absolute Gasteiger partial charge is 0.497 e. The summed E-state index contributed by atoms with van der Waals surface area (Å²) in [4.78, 5) is 15.1. The molecule has 190 valence electrons. The van der Waals surface area contributed by atoms with Crippen LogP contribution >= 0.6 is 0 Å². The van der Waals surface area contributed by atoms with Gasteiger partial charge in [0.05, 0.1) is 12.7 Å². The Hall–Kier alpha value is -2.57. The summed E-state index contributed by atoms with van der Waals surface area (Å²) in [7, 11) is 1.66. The first-order chi connectivity index (χ1) is 16.8. The lowest BCUT2D eigenvalue weighted by Gasteiger charge is -2.45. The van der Waals surface area contributed by atoms with Crippen molar-refractivity contribution in [2.45, 2.75) is 70.1 Å². The van der Waals surface area contributed by atoms with Crippen LogP contribution in [-0.4, -0.2) is 55.9 Å². The molecule has 2 heterocycles. The van der Waals surface area contributed by atoms with E-state index in [1.807, 2.05) is 12.1 Å². The summed E-state index contributed by atoms with van der Waals surface area (Å²) < 4.78 is 17.5. The first-order valence-electron chi connectivity index (χ1n) is 12.8. The summed E-state index contributed by atoms with van der Waals surface area (Å²) in [5, 5.41) is 3.20. The molecule has 0 aliphatic carbocycles. The Morgan fingerprint density at radius 2 is 2.00 bits per heavy atom. The summed E-state index contributed by atoms with van der Waals surface area (Å²) in [6.07, 6.45) is 3.38. The fourth-order valence-electron chi connectivity index (χ4n) is 5.66. The lowest BCUT2D eigenvalue weighted by atomic mass is 9.67. The fourth-order valence-corrected chi connectivity index (χ4v) is 5.66. The molecule has 4 rings (SSSR count). The molecule has 2 aromatic rings. The third-order valence-corrected chi connectivity index (χ3v) is 7.32. The number of hydrogen-bond donors (Lipinski definition) is 1. The molecule has 0 aromatic heterocycles. The van der Waals surface area contributed by atoms with Crippen molar-refractivity contribution in [2.75, 3.05) is 33.4 Å². The molecular formula is C29H40N2O4. The van der Waals surface area contributed by atoms with Crippen molar-refractivity contribution in [1.82, 2.24) is 10.2 Å². The minimum atomic E-state index is -0.163. The topological polar surface area (TPSA) is 60.0 Å². The summed E-state index contributed by atoms with van der Waals surface area (Å²) in [5.74, 6) is 1.77. The Morgan fingerprint density at radius 1 is 1.20 bits per heavy atom. The summed E-state index contributed by atoms with van der Waals surface area (Å²) in [6.45, 7) is 10.1. The molecule has 1 saturated heterocycles. The molecule has 0 radical (unpaired) electrons. The molecule has 2 aromatic carbocycles. The van der Waals surface area contributed by atoms with Crippen LogP contribution in [0, 0.1) is 0 Å². The molecule has 1 fully saturated rings. The molecule has 2 aliphatic rings. The quantitative estimate of drug-likeness (QED) is 0.593. The molecule has 0 unspecified atom stereocenters. The number of nitrogens with zero attached hydrogens (tertiary/aromatic N) is 1. The molecule has 0 saturated carbocycles. The van der Waals surface area contributed by atoms with E-state index in [4.69, 9.17) is 14.2 Å². The number of methoxy groups -OCH3 is 1. The van der Waals surface area contributed by atoms with Gasteiger partial charge in [-0.1, -0.05) is 36.4 Å². The highest BCUT2D eigenvalue weighted by Crippen LogP contribution is 2.43. The summed E-state index contributed by atoms with van der Waals surface area (Å²) in [6, 6.07) is 16.7. The van der Waals surface area contributed by atoms with Crippen molar-refractivity contribution in [3.05, 3.63) is 59.7 Å². The Kier molecular flexibility index (Phi) is 8.02. The minimum Gasteiger partial charge on any atom is -0.497 e. The average Bonchev–Trinajstić information content (AvgIpc) is 2.99. The van der Waals surface area contributed by atoms with Crippen molar-refractivity contribution in [3.8, 4) is 11.5 Å². The normalized spacial score (nSPS) is 24.1. The smallest absolute Gasteiger partial charge is 0.221 e. The number of benzene rings is 2. The van der Waals surface area contributed by atoms with E-state index in [0.29, 0.717) is 19.5 Å². The number of hydrogen-bond acceptors (Lipinski definition) is 5. The Balaban J connectivity index is 1.31. The third kappa shape index (κ3) is 6.56. The number of carbonyl (C=O) groups excluding carboxylic acids is 1. The van der Waals surface area contributed by atoms with Gasteiger partial charge < -0.3 is 19.5 Å². The first-order valence-corrected chi connectivity index (χ1v) is 12.8. The van der Waals surface area contributed by atoms with Crippen LogP contribution in [0.25, 0.3) is 0 Å². The van der Waals surface area contributed by atoms with Gasteiger partial charge in [0.2, 0.25) is 5.91 Å². The summed E-state index contributed by atoms with van der Waals surface area (Å²) in [5.41, 5.74) is 2.34. The Morgan fingerprint density at radius 3 is 2.74 bits per heavy atom. The number of carbonyl (C=O) groups is 1. The second-order valence-electron chi connectivity index (χ2n) is 10.7. The molecular weight excluding hydrogens is 440 g/mol. The zero-order chi connectivity index (χ0) is 24.9. The van der Waals surface area contributed by atoms with Crippen molar-refractivity contribution < 1.29 is 19.0 Å². The van der Waals surface area contributed by atoms with Crippen LogP contribution < -0.4 is 14.8 Å². The molecule has 2 atom stereocenters. The van der Waals surface area contributed by atoms with Crippen LogP contribution in [0.1, 0.15) is 57.6 Å². The molecule has 6 nitrogen and oxygen atoms in total. The van der Waals surface area contributed by atoms with Gasteiger partial charge in [-0.05, 0) is 51.7 Å². The van der Waals surface area contributed by atoms with Gasteiger partial charge in [-0.2, -0.15) is 0 Å². The van der Waals surface area contributed by atoms with E-state index in [0.717, 1.165) is 56.0 Å². The third-order valence-electron chi connectivity index (χ3n) is 7.32. The Bertz CT molecular complexity index is 993. The van der Waals surface area contributed by atoms with E-state index in [2.05, 4.69) is 67.4 Å². The molecule has 6 heteroatoms. The number of ether oxygens (including phenoxy) is 3. The standard InChI is InChI=1S/C29H40N2O4/c1-22-19-31(20-23-10-11-25(33-4)18-26(23)35-22)16-12-27(32)30-15-13-29(24-8-6-5-7-9-24)14-17-34-28(2,3)21-29/h5-11,18,22H,12-17,19-21H2,1-4H3,(H,30,32)/t22-,29+/m1/s1. The Labute approximate surface area is 209 Å². The van der Waals surface area contributed by atoms with Crippen LogP contribution in [0.4, 0.5) is 0 Å². The van der Waals surface area contributed by atoms with Crippen LogP contribution in [0.3, 0.4) is 0 Å². The van der Waals surface area contributed by atoms with E-state index in [1.54, 1.807) is 7.11 Å². The molecule has 0 spiro atoms. The average molecular weight is 481 g/mol. The predicted molar refractivity (Wildman–Crippen MR) is 138 cm³/mol. The van der Waals surface area contributed by atoms with Crippen LogP contribution in [0.5, 0.6) is 11.5 Å². The number of amides is 1. The van der Waals surface area contributed by atoms with Gasteiger partial charge in [-0.15, -0.1) is 0 Å². The van der Waals surface area contributed by atoms with Crippen molar-refractivity contribution in [2.24, 2.45) is 0 Å². The van der Waals surface area contributed by atoms with Gasteiger partial charge in [-0.3, -0.25) is 9.69 Å².